The summed E-state index contributed by atoms with van der Waals surface area (Å²) in [5.41, 5.74) is 1.25. The van der Waals surface area contributed by atoms with Gasteiger partial charge in [0.25, 0.3) is 5.91 Å². The second-order valence-corrected chi connectivity index (χ2v) is 10.0. The molecule has 2 heterocycles. The maximum absolute atomic E-state index is 13.8. The minimum absolute atomic E-state index is 0.00612. The molecule has 0 bridgehead atoms. The van der Waals surface area contributed by atoms with E-state index in [1.807, 2.05) is 64.0 Å². The molecule has 182 valence electrons. The molecule has 2 saturated heterocycles. The number of urea groups is 1. The van der Waals surface area contributed by atoms with Crippen molar-refractivity contribution in [3.63, 3.8) is 0 Å². The lowest BCUT2D eigenvalue weighted by Gasteiger charge is -2.41. The van der Waals surface area contributed by atoms with E-state index in [1.165, 1.54) is 4.90 Å². The zero-order valence-corrected chi connectivity index (χ0v) is 20.9. The number of piperidine rings is 1. The van der Waals surface area contributed by atoms with E-state index >= 15 is 0 Å². The minimum atomic E-state index is -0.952. The van der Waals surface area contributed by atoms with Crippen LogP contribution in [0.25, 0.3) is 0 Å². The molecule has 2 atom stereocenters. The molecule has 0 saturated carbocycles. The van der Waals surface area contributed by atoms with Crippen LogP contribution in [0.5, 0.6) is 0 Å². The summed E-state index contributed by atoms with van der Waals surface area (Å²) in [6.45, 7) is 8.55. The SMILES string of the molecule is CCC(C)C(=O)N1CCC(C2(Cc3ccccc3C)NC(=O)N(CCCN(C)C)C2=O)CC1. The quantitative estimate of drug-likeness (QED) is 0.580. The van der Waals surface area contributed by atoms with Crippen molar-refractivity contribution in [2.24, 2.45) is 11.8 Å². The number of hydrogen-bond acceptors (Lipinski definition) is 4. The fourth-order valence-electron chi connectivity index (χ4n) is 5.12. The average molecular weight is 457 g/mol. The van der Waals surface area contributed by atoms with Crippen LogP contribution in [0, 0.1) is 18.8 Å². The zero-order chi connectivity index (χ0) is 24.2. The number of hydrogen-bond donors (Lipinski definition) is 1. The molecule has 1 aromatic carbocycles. The van der Waals surface area contributed by atoms with E-state index in [0.717, 1.165) is 30.5 Å². The van der Waals surface area contributed by atoms with E-state index < -0.39 is 5.54 Å². The number of carbonyl (C=O) groups is 3. The highest BCUT2D eigenvalue weighted by Gasteiger charge is 2.56. The van der Waals surface area contributed by atoms with Crippen molar-refractivity contribution in [2.75, 3.05) is 40.3 Å². The largest absolute Gasteiger partial charge is 0.342 e. The molecule has 2 fully saturated rings. The van der Waals surface area contributed by atoms with Crippen molar-refractivity contribution in [3.8, 4) is 0 Å². The molecule has 0 aromatic heterocycles. The van der Waals surface area contributed by atoms with Crippen molar-refractivity contribution in [1.82, 2.24) is 20.0 Å². The third kappa shape index (κ3) is 5.40. The highest BCUT2D eigenvalue weighted by molar-refractivity contribution is 6.07. The van der Waals surface area contributed by atoms with Gasteiger partial charge in [0.1, 0.15) is 5.54 Å². The van der Waals surface area contributed by atoms with Crippen molar-refractivity contribution >= 4 is 17.8 Å². The second-order valence-electron chi connectivity index (χ2n) is 10.0. The van der Waals surface area contributed by atoms with E-state index in [2.05, 4.69) is 10.2 Å². The number of benzene rings is 1. The number of nitrogens with zero attached hydrogens (tertiary/aromatic N) is 3. The number of rotatable bonds is 9. The summed E-state index contributed by atoms with van der Waals surface area (Å²) in [6, 6.07) is 7.79. The molecule has 7 nitrogen and oxygen atoms in total. The maximum Gasteiger partial charge on any atom is 0.325 e. The summed E-state index contributed by atoms with van der Waals surface area (Å²) in [5, 5.41) is 3.15. The topological polar surface area (TPSA) is 73.0 Å². The number of amides is 4. The normalized spacial score (nSPS) is 22.7. The van der Waals surface area contributed by atoms with Crippen LogP contribution < -0.4 is 5.32 Å². The van der Waals surface area contributed by atoms with Gasteiger partial charge in [-0.3, -0.25) is 14.5 Å². The predicted molar refractivity (Wildman–Crippen MR) is 130 cm³/mol. The van der Waals surface area contributed by atoms with Crippen molar-refractivity contribution < 1.29 is 14.4 Å². The first kappa shape index (κ1) is 25.2. The molecular formula is C26H40N4O3. The molecular weight excluding hydrogens is 416 g/mol. The van der Waals surface area contributed by atoms with Gasteiger partial charge in [-0.2, -0.15) is 0 Å². The van der Waals surface area contributed by atoms with Gasteiger partial charge >= 0.3 is 6.03 Å². The van der Waals surface area contributed by atoms with Gasteiger partial charge in [-0.05, 0) is 70.3 Å². The Morgan fingerprint density at radius 1 is 1.21 bits per heavy atom. The summed E-state index contributed by atoms with van der Waals surface area (Å²) in [4.78, 5) is 45.0. The highest BCUT2D eigenvalue weighted by Crippen LogP contribution is 2.37. The molecule has 0 aliphatic carbocycles. The van der Waals surface area contributed by atoms with E-state index in [0.29, 0.717) is 38.9 Å². The molecule has 7 heteroatoms. The predicted octanol–water partition coefficient (Wildman–Crippen LogP) is 3.06. The first-order valence-corrected chi connectivity index (χ1v) is 12.3. The highest BCUT2D eigenvalue weighted by atomic mass is 16.2. The lowest BCUT2D eigenvalue weighted by atomic mass is 9.73. The van der Waals surface area contributed by atoms with Gasteiger partial charge < -0.3 is 15.1 Å². The standard InChI is InChI=1S/C26H40N4O3/c1-6-19(2)23(31)29-16-12-22(13-17-29)26(18-21-11-8-7-10-20(21)3)24(32)30(25(33)27-26)15-9-14-28(4)5/h7-8,10-11,19,22H,6,9,12-18H2,1-5H3,(H,27,33). The monoisotopic (exact) mass is 456 g/mol. The van der Waals surface area contributed by atoms with Crippen LogP contribution >= 0.6 is 0 Å². The Labute approximate surface area is 198 Å². The zero-order valence-electron chi connectivity index (χ0n) is 20.9. The summed E-state index contributed by atoms with van der Waals surface area (Å²) in [6.07, 6.45) is 3.48. The number of imide groups is 1. The third-order valence-corrected chi connectivity index (χ3v) is 7.46. The fraction of sp³-hybridized carbons (Fsp3) is 0.654. The van der Waals surface area contributed by atoms with Crippen LogP contribution in [-0.4, -0.2) is 78.4 Å². The van der Waals surface area contributed by atoms with Crippen LogP contribution in [0.15, 0.2) is 24.3 Å². The molecule has 0 spiro atoms. The lowest BCUT2D eigenvalue weighted by molar-refractivity contribution is -0.138. The summed E-state index contributed by atoms with van der Waals surface area (Å²) in [5.74, 6) is 0.0908. The smallest absolute Gasteiger partial charge is 0.325 e. The minimum Gasteiger partial charge on any atom is -0.342 e. The molecule has 1 N–H and O–H groups in total. The van der Waals surface area contributed by atoms with Gasteiger partial charge in [-0.15, -0.1) is 0 Å². The first-order valence-electron chi connectivity index (χ1n) is 12.3. The van der Waals surface area contributed by atoms with E-state index in [1.54, 1.807) is 0 Å². The molecule has 1 aromatic rings. The number of carbonyl (C=O) groups excluding carboxylic acids is 3. The molecule has 2 aliphatic heterocycles. The van der Waals surface area contributed by atoms with E-state index in [4.69, 9.17) is 0 Å². The fourth-order valence-corrected chi connectivity index (χ4v) is 5.12. The molecule has 3 rings (SSSR count). The van der Waals surface area contributed by atoms with Crippen LogP contribution in [0.4, 0.5) is 4.79 Å². The Balaban J connectivity index is 1.83. The first-order chi connectivity index (χ1) is 15.7. The van der Waals surface area contributed by atoms with Gasteiger partial charge in [0.15, 0.2) is 0 Å². The number of aryl methyl sites for hydroxylation is 1. The Kier molecular flexibility index (Phi) is 8.16. The summed E-state index contributed by atoms with van der Waals surface area (Å²) < 4.78 is 0. The van der Waals surface area contributed by atoms with Gasteiger partial charge in [0.05, 0.1) is 0 Å². The molecule has 4 amide bonds. The van der Waals surface area contributed by atoms with Gasteiger partial charge in [0, 0.05) is 32.0 Å². The summed E-state index contributed by atoms with van der Waals surface area (Å²) >= 11 is 0. The van der Waals surface area contributed by atoms with Crippen molar-refractivity contribution in [2.45, 2.75) is 58.4 Å². The Morgan fingerprint density at radius 2 is 1.88 bits per heavy atom. The average Bonchev–Trinajstić information content (AvgIpc) is 3.04. The lowest BCUT2D eigenvalue weighted by Crippen LogP contribution is -2.58. The van der Waals surface area contributed by atoms with Gasteiger partial charge in [-0.25, -0.2) is 4.79 Å². The van der Waals surface area contributed by atoms with Crippen LogP contribution in [0.2, 0.25) is 0 Å². The number of nitrogens with one attached hydrogen (secondary N) is 1. The summed E-state index contributed by atoms with van der Waals surface area (Å²) in [7, 11) is 3.98. The van der Waals surface area contributed by atoms with Gasteiger partial charge in [0.2, 0.25) is 5.91 Å². The van der Waals surface area contributed by atoms with Crippen LogP contribution in [-0.2, 0) is 16.0 Å². The third-order valence-electron chi connectivity index (χ3n) is 7.46. The van der Waals surface area contributed by atoms with Crippen molar-refractivity contribution in [3.05, 3.63) is 35.4 Å². The Bertz CT molecular complexity index is 863. The molecule has 0 radical (unpaired) electrons. The maximum atomic E-state index is 13.8. The second kappa shape index (κ2) is 10.7. The van der Waals surface area contributed by atoms with E-state index in [9.17, 15) is 14.4 Å². The van der Waals surface area contributed by atoms with Crippen molar-refractivity contribution in [1.29, 1.82) is 0 Å². The van der Waals surface area contributed by atoms with Gasteiger partial charge in [-0.1, -0.05) is 38.1 Å². The Morgan fingerprint density at radius 3 is 2.48 bits per heavy atom. The Hall–Kier alpha value is -2.41. The molecule has 2 unspecified atom stereocenters. The number of likely N-dealkylation sites (tertiary alicyclic amines) is 1. The van der Waals surface area contributed by atoms with Crippen LogP contribution in [0.3, 0.4) is 0 Å². The molecule has 2 aliphatic rings. The van der Waals surface area contributed by atoms with E-state index in [-0.39, 0.29) is 29.7 Å². The molecule has 33 heavy (non-hydrogen) atoms. The van der Waals surface area contributed by atoms with Crippen LogP contribution in [0.1, 0.15) is 50.7 Å².